The van der Waals surface area contributed by atoms with Gasteiger partial charge in [-0.3, -0.25) is 14.3 Å². The van der Waals surface area contributed by atoms with Crippen molar-refractivity contribution in [3.8, 4) is 0 Å². The summed E-state index contributed by atoms with van der Waals surface area (Å²) in [6.07, 6.45) is 4.41. The van der Waals surface area contributed by atoms with E-state index in [1.807, 2.05) is 23.6 Å². The van der Waals surface area contributed by atoms with E-state index < -0.39 is 0 Å². The Morgan fingerprint density at radius 3 is 3.10 bits per heavy atom. The fourth-order valence-electron chi connectivity index (χ4n) is 2.11. The predicted octanol–water partition coefficient (Wildman–Crippen LogP) is 2.72. The molecule has 0 aliphatic rings. The summed E-state index contributed by atoms with van der Waals surface area (Å²) in [5.74, 6) is 0. The fraction of sp³-hybridized carbons (Fsp3) is 0.267. The Bertz CT molecular complexity index is 809. The van der Waals surface area contributed by atoms with Crippen molar-refractivity contribution >= 4 is 27.2 Å². The number of anilines is 1. The van der Waals surface area contributed by atoms with Gasteiger partial charge < -0.3 is 5.32 Å². The zero-order valence-electron chi connectivity index (χ0n) is 11.7. The van der Waals surface area contributed by atoms with Gasteiger partial charge >= 0.3 is 0 Å². The summed E-state index contributed by atoms with van der Waals surface area (Å²) in [7, 11) is 0. The maximum atomic E-state index is 12.3. The number of hydrogen-bond donors (Lipinski definition) is 1. The van der Waals surface area contributed by atoms with E-state index in [9.17, 15) is 4.79 Å². The van der Waals surface area contributed by atoms with Crippen molar-refractivity contribution in [3.63, 3.8) is 0 Å². The summed E-state index contributed by atoms with van der Waals surface area (Å²) in [4.78, 5) is 21.0. The van der Waals surface area contributed by atoms with Gasteiger partial charge in [-0.05, 0) is 30.0 Å². The largest absolute Gasteiger partial charge is 0.385 e. The number of pyridine rings is 1. The first-order chi connectivity index (χ1) is 10.3. The van der Waals surface area contributed by atoms with Crippen LogP contribution in [0.1, 0.15) is 19.0 Å². The van der Waals surface area contributed by atoms with Crippen LogP contribution in [0, 0.1) is 0 Å². The SMILES string of the molecule is CCCNc1ccnc(Cn2cnc3ccsc3c2=O)c1. The Labute approximate surface area is 126 Å². The van der Waals surface area contributed by atoms with Crippen LogP contribution < -0.4 is 10.9 Å². The van der Waals surface area contributed by atoms with Crippen molar-refractivity contribution in [1.29, 1.82) is 0 Å². The highest BCUT2D eigenvalue weighted by Gasteiger charge is 2.06. The summed E-state index contributed by atoms with van der Waals surface area (Å²) in [5, 5.41) is 5.21. The monoisotopic (exact) mass is 300 g/mol. The van der Waals surface area contributed by atoms with Crippen LogP contribution >= 0.6 is 11.3 Å². The molecular weight excluding hydrogens is 284 g/mol. The molecule has 3 aromatic heterocycles. The number of fused-ring (bicyclic) bond motifs is 1. The number of aromatic nitrogens is 3. The minimum atomic E-state index is -0.0104. The van der Waals surface area contributed by atoms with Crippen molar-refractivity contribution in [3.05, 3.63) is 52.2 Å². The Hall–Kier alpha value is -2.21. The van der Waals surface area contributed by atoms with Crippen LogP contribution in [0.5, 0.6) is 0 Å². The summed E-state index contributed by atoms with van der Waals surface area (Å²) in [6, 6.07) is 5.77. The molecule has 0 bridgehead atoms. The molecule has 0 saturated carbocycles. The van der Waals surface area contributed by atoms with Gasteiger partial charge in [-0.15, -0.1) is 11.3 Å². The molecule has 108 valence electrons. The van der Waals surface area contributed by atoms with Gasteiger partial charge in [0, 0.05) is 18.4 Å². The average Bonchev–Trinajstić information content (AvgIpc) is 2.98. The zero-order chi connectivity index (χ0) is 14.7. The van der Waals surface area contributed by atoms with Gasteiger partial charge in [0.15, 0.2) is 0 Å². The number of rotatable bonds is 5. The highest BCUT2D eigenvalue weighted by Crippen LogP contribution is 2.14. The Balaban J connectivity index is 1.88. The summed E-state index contributed by atoms with van der Waals surface area (Å²) in [6.45, 7) is 3.48. The molecule has 6 heteroatoms. The van der Waals surface area contributed by atoms with E-state index in [1.54, 1.807) is 17.1 Å². The maximum absolute atomic E-state index is 12.3. The van der Waals surface area contributed by atoms with Crippen LogP contribution in [0.3, 0.4) is 0 Å². The average molecular weight is 300 g/mol. The number of hydrogen-bond acceptors (Lipinski definition) is 5. The van der Waals surface area contributed by atoms with Gasteiger partial charge in [0.25, 0.3) is 5.56 Å². The first kappa shape index (κ1) is 13.8. The second-order valence-electron chi connectivity index (χ2n) is 4.78. The van der Waals surface area contributed by atoms with Gasteiger partial charge in [-0.1, -0.05) is 6.92 Å². The van der Waals surface area contributed by atoms with Crippen LogP contribution in [-0.4, -0.2) is 21.1 Å². The third-order valence-corrected chi connectivity index (χ3v) is 4.06. The zero-order valence-corrected chi connectivity index (χ0v) is 12.6. The van der Waals surface area contributed by atoms with Crippen LogP contribution in [0.25, 0.3) is 10.2 Å². The van der Waals surface area contributed by atoms with E-state index in [4.69, 9.17) is 0 Å². The normalized spacial score (nSPS) is 10.9. The van der Waals surface area contributed by atoms with Crippen molar-refractivity contribution in [2.75, 3.05) is 11.9 Å². The second-order valence-corrected chi connectivity index (χ2v) is 5.69. The molecule has 21 heavy (non-hydrogen) atoms. The molecule has 0 aromatic carbocycles. The lowest BCUT2D eigenvalue weighted by molar-refractivity contribution is 0.731. The van der Waals surface area contributed by atoms with Gasteiger partial charge in [-0.25, -0.2) is 4.98 Å². The Kier molecular flexibility index (Phi) is 3.96. The first-order valence-electron chi connectivity index (χ1n) is 6.89. The van der Waals surface area contributed by atoms with Gasteiger partial charge in [0.05, 0.1) is 24.1 Å². The van der Waals surface area contributed by atoms with E-state index >= 15 is 0 Å². The van der Waals surface area contributed by atoms with Gasteiger partial charge in [-0.2, -0.15) is 0 Å². The lowest BCUT2D eigenvalue weighted by Crippen LogP contribution is -2.20. The minimum absolute atomic E-state index is 0.0104. The molecule has 0 unspecified atom stereocenters. The topological polar surface area (TPSA) is 59.8 Å². The van der Waals surface area contributed by atoms with Crippen molar-refractivity contribution in [2.45, 2.75) is 19.9 Å². The maximum Gasteiger partial charge on any atom is 0.271 e. The molecule has 5 nitrogen and oxygen atoms in total. The Morgan fingerprint density at radius 2 is 2.24 bits per heavy atom. The second kappa shape index (κ2) is 6.05. The molecule has 0 atom stereocenters. The predicted molar refractivity (Wildman–Crippen MR) is 86.0 cm³/mol. The molecule has 3 heterocycles. The highest BCUT2D eigenvalue weighted by molar-refractivity contribution is 7.17. The number of thiophene rings is 1. The van der Waals surface area contributed by atoms with E-state index in [1.165, 1.54) is 11.3 Å². The summed E-state index contributed by atoms with van der Waals surface area (Å²) in [5.41, 5.74) is 2.62. The van der Waals surface area contributed by atoms with E-state index in [0.29, 0.717) is 11.2 Å². The third-order valence-electron chi connectivity index (χ3n) is 3.16. The number of nitrogens with zero attached hydrogens (tertiary/aromatic N) is 3. The molecule has 0 radical (unpaired) electrons. The lowest BCUT2D eigenvalue weighted by atomic mass is 10.3. The molecule has 1 N–H and O–H groups in total. The van der Waals surface area contributed by atoms with Crippen molar-refractivity contribution < 1.29 is 0 Å². The van der Waals surface area contributed by atoms with Crippen LogP contribution in [0.2, 0.25) is 0 Å². The van der Waals surface area contributed by atoms with E-state index in [2.05, 4.69) is 22.2 Å². The summed E-state index contributed by atoms with van der Waals surface area (Å²) >= 11 is 1.42. The molecule has 0 aliphatic heterocycles. The summed E-state index contributed by atoms with van der Waals surface area (Å²) < 4.78 is 2.29. The standard InChI is InChI=1S/C15H16N4OS/c1-2-5-16-11-3-6-17-12(8-11)9-19-10-18-13-4-7-21-14(13)15(19)20/h3-4,6-8,10H,2,5,9H2,1H3,(H,16,17). The van der Waals surface area contributed by atoms with Crippen LogP contribution in [-0.2, 0) is 6.54 Å². The molecular formula is C15H16N4OS. The molecule has 3 rings (SSSR count). The van der Waals surface area contributed by atoms with E-state index in [-0.39, 0.29) is 5.56 Å². The molecule has 3 aromatic rings. The first-order valence-corrected chi connectivity index (χ1v) is 7.77. The molecule has 0 fully saturated rings. The minimum Gasteiger partial charge on any atom is -0.385 e. The van der Waals surface area contributed by atoms with Crippen LogP contribution in [0.15, 0.2) is 40.9 Å². The lowest BCUT2D eigenvalue weighted by Gasteiger charge is -2.08. The molecule has 0 saturated heterocycles. The van der Waals surface area contributed by atoms with Gasteiger partial charge in [0.2, 0.25) is 0 Å². The third kappa shape index (κ3) is 2.95. The molecule has 0 amide bonds. The Morgan fingerprint density at radius 1 is 1.33 bits per heavy atom. The van der Waals surface area contributed by atoms with Crippen molar-refractivity contribution in [1.82, 2.24) is 14.5 Å². The van der Waals surface area contributed by atoms with Crippen LogP contribution in [0.4, 0.5) is 5.69 Å². The quantitative estimate of drug-likeness (QED) is 0.787. The fourth-order valence-corrected chi connectivity index (χ4v) is 2.90. The number of nitrogens with one attached hydrogen (secondary N) is 1. The van der Waals surface area contributed by atoms with Crippen molar-refractivity contribution in [2.24, 2.45) is 0 Å². The smallest absolute Gasteiger partial charge is 0.271 e. The van der Waals surface area contributed by atoms with E-state index in [0.717, 1.165) is 29.9 Å². The highest BCUT2D eigenvalue weighted by atomic mass is 32.1. The molecule has 0 aliphatic carbocycles. The molecule has 0 spiro atoms. The van der Waals surface area contributed by atoms with Gasteiger partial charge in [0.1, 0.15) is 4.70 Å².